The SMILES string of the molecule is CC(Oc1ccccc1C(C)(C)C)C(=O)N1CCOCC1. The van der Waals surface area contributed by atoms with Crippen molar-refractivity contribution in [3.63, 3.8) is 0 Å². The van der Waals surface area contributed by atoms with Gasteiger partial charge < -0.3 is 14.4 Å². The van der Waals surface area contributed by atoms with Crippen molar-refractivity contribution in [3.05, 3.63) is 29.8 Å². The van der Waals surface area contributed by atoms with Gasteiger partial charge in [-0.3, -0.25) is 4.79 Å². The summed E-state index contributed by atoms with van der Waals surface area (Å²) in [5.74, 6) is 0.820. The van der Waals surface area contributed by atoms with Gasteiger partial charge in [0.25, 0.3) is 5.91 Å². The number of carbonyl (C=O) groups excluding carboxylic acids is 1. The van der Waals surface area contributed by atoms with Crippen LogP contribution in [-0.4, -0.2) is 43.2 Å². The summed E-state index contributed by atoms with van der Waals surface area (Å²) in [5.41, 5.74) is 1.10. The minimum absolute atomic E-state index is 0.0156. The Labute approximate surface area is 127 Å². The highest BCUT2D eigenvalue weighted by Crippen LogP contribution is 2.31. The summed E-state index contributed by atoms with van der Waals surface area (Å²) in [4.78, 5) is 14.2. The highest BCUT2D eigenvalue weighted by atomic mass is 16.5. The van der Waals surface area contributed by atoms with E-state index in [0.717, 1.165) is 11.3 Å². The van der Waals surface area contributed by atoms with Gasteiger partial charge in [0.15, 0.2) is 6.10 Å². The van der Waals surface area contributed by atoms with Crippen molar-refractivity contribution in [2.75, 3.05) is 26.3 Å². The Hall–Kier alpha value is -1.55. The lowest BCUT2D eigenvalue weighted by molar-refractivity contribution is -0.142. The Morgan fingerprint density at radius 1 is 1.24 bits per heavy atom. The average Bonchev–Trinajstić information content (AvgIpc) is 2.47. The normalized spacial score (nSPS) is 17.4. The van der Waals surface area contributed by atoms with E-state index in [1.165, 1.54) is 0 Å². The number of rotatable bonds is 3. The molecule has 1 aliphatic heterocycles. The fraction of sp³-hybridized carbons (Fsp3) is 0.588. The van der Waals surface area contributed by atoms with Crippen molar-refractivity contribution in [2.24, 2.45) is 0 Å². The Balaban J connectivity index is 2.09. The second-order valence-corrected chi connectivity index (χ2v) is 6.44. The van der Waals surface area contributed by atoms with E-state index >= 15 is 0 Å². The molecule has 0 bridgehead atoms. The monoisotopic (exact) mass is 291 g/mol. The molecule has 0 aromatic heterocycles. The number of hydrogen-bond donors (Lipinski definition) is 0. The van der Waals surface area contributed by atoms with Crippen molar-refractivity contribution >= 4 is 5.91 Å². The molecule has 0 radical (unpaired) electrons. The zero-order valence-corrected chi connectivity index (χ0v) is 13.4. The number of hydrogen-bond acceptors (Lipinski definition) is 3. The predicted molar refractivity (Wildman–Crippen MR) is 82.6 cm³/mol. The van der Waals surface area contributed by atoms with Gasteiger partial charge in [-0.2, -0.15) is 0 Å². The molecule has 1 fully saturated rings. The molecule has 21 heavy (non-hydrogen) atoms. The Kier molecular flexibility index (Phi) is 4.88. The van der Waals surface area contributed by atoms with Gasteiger partial charge in [0, 0.05) is 13.1 Å². The van der Waals surface area contributed by atoms with Crippen LogP contribution in [0, 0.1) is 0 Å². The smallest absolute Gasteiger partial charge is 0.263 e. The number of carbonyl (C=O) groups is 1. The van der Waals surface area contributed by atoms with Crippen LogP contribution in [0.15, 0.2) is 24.3 Å². The van der Waals surface area contributed by atoms with E-state index in [0.29, 0.717) is 26.3 Å². The first-order chi connectivity index (χ1) is 9.89. The number of amides is 1. The highest BCUT2D eigenvalue weighted by molar-refractivity contribution is 5.81. The van der Waals surface area contributed by atoms with Crippen LogP contribution in [0.3, 0.4) is 0 Å². The van der Waals surface area contributed by atoms with Crippen LogP contribution < -0.4 is 4.74 Å². The lowest BCUT2D eigenvalue weighted by Crippen LogP contribution is -2.46. The molecule has 1 aromatic carbocycles. The van der Waals surface area contributed by atoms with Crippen LogP contribution in [-0.2, 0) is 14.9 Å². The lowest BCUT2D eigenvalue weighted by Gasteiger charge is -2.30. The lowest BCUT2D eigenvalue weighted by atomic mass is 9.86. The fourth-order valence-corrected chi connectivity index (χ4v) is 2.47. The molecule has 1 aliphatic rings. The van der Waals surface area contributed by atoms with Crippen molar-refractivity contribution in [1.29, 1.82) is 0 Å². The van der Waals surface area contributed by atoms with Crippen molar-refractivity contribution in [1.82, 2.24) is 4.90 Å². The van der Waals surface area contributed by atoms with E-state index < -0.39 is 6.10 Å². The molecule has 116 valence electrons. The first-order valence-electron chi connectivity index (χ1n) is 7.52. The largest absolute Gasteiger partial charge is 0.481 e. The molecule has 0 aliphatic carbocycles. The van der Waals surface area contributed by atoms with Gasteiger partial charge in [-0.25, -0.2) is 0 Å². The molecule has 0 N–H and O–H groups in total. The topological polar surface area (TPSA) is 38.8 Å². The zero-order chi connectivity index (χ0) is 15.5. The van der Waals surface area contributed by atoms with Crippen LogP contribution >= 0.6 is 0 Å². The molecule has 4 heteroatoms. The molecule has 1 atom stereocenters. The van der Waals surface area contributed by atoms with Gasteiger partial charge in [0.05, 0.1) is 13.2 Å². The second kappa shape index (κ2) is 6.48. The fourth-order valence-electron chi connectivity index (χ4n) is 2.47. The third kappa shape index (κ3) is 3.97. The molecule has 2 rings (SSSR count). The first kappa shape index (κ1) is 15.8. The second-order valence-electron chi connectivity index (χ2n) is 6.44. The first-order valence-corrected chi connectivity index (χ1v) is 7.52. The molecule has 1 aromatic rings. The van der Waals surface area contributed by atoms with Crippen molar-refractivity contribution in [2.45, 2.75) is 39.2 Å². The Morgan fingerprint density at radius 2 is 1.86 bits per heavy atom. The minimum Gasteiger partial charge on any atom is -0.481 e. The van der Waals surface area contributed by atoms with E-state index in [-0.39, 0.29) is 11.3 Å². The standard InChI is InChI=1S/C17H25NO3/c1-13(16(19)18-9-11-20-12-10-18)21-15-8-6-5-7-14(15)17(2,3)4/h5-8,13H,9-12H2,1-4H3. The van der Waals surface area contributed by atoms with Gasteiger partial charge in [-0.15, -0.1) is 0 Å². The van der Waals surface area contributed by atoms with E-state index in [1.807, 2.05) is 30.0 Å². The van der Waals surface area contributed by atoms with Gasteiger partial charge in [-0.1, -0.05) is 39.0 Å². The van der Waals surface area contributed by atoms with Gasteiger partial charge >= 0.3 is 0 Å². The maximum Gasteiger partial charge on any atom is 0.263 e. The summed E-state index contributed by atoms with van der Waals surface area (Å²) in [7, 11) is 0. The number of benzene rings is 1. The van der Waals surface area contributed by atoms with Gasteiger partial charge in [-0.05, 0) is 24.0 Å². The predicted octanol–water partition coefficient (Wildman–Crippen LogP) is 2.61. The molecule has 1 amide bonds. The van der Waals surface area contributed by atoms with Crippen LogP contribution in [0.25, 0.3) is 0 Å². The van der Waals surface area contributed by atoms with E-state index in [4.69, 9.17) is 9.47 Å². The third-order valence-corrected chi connectivity index (χ3v) is 3.67. The van der Waals surface area contributed by atoms with E-state index in [9.17, 15) is 4.79 Å². The maximum absolute atomic E-state index is 12.4. The number of morpholine rings is 1. The molecular formula is C17H25NO3. The Bertz CT molecular complexity index is 487. The number of para-hydroxylation sites is 1. The van der Waals surface area contributed by atoms with Crippen molar-refractivity contribution in [3.8, 4) is 5.75 Å². The summed E-state index contributed by atoms with van der Waals surface area (Å²) in [6.45, 7) is 10.8. The number of ether oxygens (including phenoxy) is 2. The van der Waals surface area contributed by atoms with Gasteiger partial charge in [0.1, 0.15) is 5.75 Å². The van der Waals surface area contributed by atoms with E-state index in [2.05, 4.69) is 26.8 Å². The molecule has 1 heterocycles. The maximum atomic E-state index is 12.4. The van der Waals surface area contributed by atoms with Crippen LogP contribution in [0.1, 0.15) is 33.3 Å². The number of nitrogens with zero attached hydrogens (tertiary/aromatic N) is 1. The average molecular weight is 291 g/mol. The Morgan fingerprint density at radius 3 is 2.48 bits per heavy atom. The minimum atomic E-state index is -0.480. The summed E-state index contributed by atoms with van der Waals surface area (Å²) in [5, 5.41) is 0. The van der Waals surface area contributed by atoms with Crippen LogP contribution in [0.2, 0.25) is 0 Å². The summed E-state index contributed by atoms with van der Waals surface area (Å²) >= 11 is 0. The quantitative estimate of drug-likeness (QED) is 0.859. The van der Waals surface area contributed by atoms with Crippen LogP contribution in [0.5, 0.6) is 5.75 Å². The van der Waals surface area contributed by atoms with Crippen LogP contribution in [0.4, 0.5) is 0 Å². The van der Waals surface area contributed by atoms with E-state index in [1.54, 1.807) is 0 Å². The summed E-state index contributed by atoms with van der Waals surface area (Å²) < 4.78 is 11.2. The molecule has 0 spiro atoms. The third-order valence-electron chi connectivity index (χ3n) is 3.67. The molecule has 4 nitrogen and oxygen atoms in total. The van der Waals surface area contributed by atoms with Crippen molar-refractivity contribution < 1.29 is 14.3 Å². The highest BCUT2D eigenvalue weighted by Gasteiger charge is 2.26. The zero-order valence-electron chi connectivity index (χ0n) is 13.4. The van der Waals surface area contributed by atoms with Gasteiger partial charge in [0.2, 0.25) is 0 Å². The molecule has 1 saturated heterocycles. The molecular weight excluding hydrogens is 266 g/mol. The molecule has 0 saturated carbocycles. The summed E-state index contributed by atoms with van der Waals surface area (Å²) in [6, 6.07) is 7.93. The molecule has 1 unspecified atom stereocenters. The summed E-state index contributed by atoms with van der Waals surface area (Å²) in [6.07, 6.45) is -0.480.